The number of hydrogen-bond donors (Lipinski definition) is 0. The summed E-state index contributed by atoms with van der Waals surface area (Å²) in [6, 6.07) is 29.3. The number of rotatable bonds is 6. The van der Waals surface area contributed by atoms with Crippen LogP contribution in [-0.2, 0) is 51.4 Å². The Morgan fingerprint density at radius 2 is 1.28 bits per heavy atom. The standard InChI is InChI=1S/C21H25.C15H12Cl2.C5H5.2ClH.Zr/c1-20(2,3)16-9-7-14-11-15-8-10-17(21(4,5)6)13-19(15)18(14)12-16;16-14-8-2-6-12(10-14)4-1-5-13-7-3-9-15(17)11-13;1-2-4-5-3-1;;;/h7,9-10,12-13H,11H2,1-6H3;2-3,6-11H,4-5H2;1-3H,4H2;2*1H;. The van der Waals surface area contributed by atoms with Gasteiger partial charge in [-0.3, -0.25) is 0 Å². The Kier molecular flexibility index (Phi) is 11.9. The average molecular weight is 770 g/mol. The van der Waals surface area contributed by atoms with Crippen LogP contribution in [0.3, 0.4) is 0 Å². The van der Waals surface area contributed by atoms with Gasteiger partial charge in [0, 0.05) is 0 Å². The zero-order chi connectivity index (χ0) is 31.2. The first kappa shape index (κ1) is 37.1. The molecule has 0 fully saturated rings. The molecule has 0 heterocycles. The van der Waals surface area contributed by atoms with Crippen molar-refractivity contribution in [3.8, 4) is 11.1 Å². The molecule has 0 aliphatic heterocycles. The number of halogens is 4. The minimum absolute atomic E-state index is 0. The van der Waals surface area contributed by atoms with E-state index in [0.717, 1.165) is 35.7 Å². The van der Waals surface area contributed by atoms with E-state index < -0.39 is 21.3 Å². The van der Waals surface area contributed by atoms with Crippen LogP contribution in [0.1, 0.15) is 81.3 Å². The summed E-state index contributed by atoms with van der Waals surface area (Å²) in [6.07, 6.45) is 11.0. The van der Waals surface area contributed by atoms with E-state index in [0.29, 0.717) is 0 Å². The molecule has 0 unspecified atom stereocenters. The van der Waals surface area contributed by atoms with E-state index in [9.17, 15) is 0 Å². The number of benzene rings is 4. The van der Waals surface area contributed by atoms with Crippen LogP contribution in [0, 0.1) is 0 Å². The van der Waals surface area contributed by atoms with Crippen molar-refractivity contribution in [2.24, 2.45) is 0 Å². The third-order valence-electron chi connectivity index (χ3n) is 9.08. The van der Waals surface area contributed by atoms with E-state index in [4.69, 9.17) is 23.2 Å². The van der Waals surface area contributed by atoms with Gasteiger partial charge in [-0.25, -0.2) is 0 Å². The van der Waals surface area contributed by atoms with Crippen LogP contribution in [0.15, 0.2) is 100 Å². The molecule has 0 N–H and O–H groups in total. The molecular weight excluding hydrogens is 725 g/mol. The van der Waals surface area contributed by atoms with Crippen LogP contribution in [-0.4, -0.2) is 3.21 Å². The predicted octanol–water partition coefficient (Wildman–Crippen LogP) is 11.7. The van der Waals surface area contributed by atoms with Gasteiger partial charge in [0.2, 0.25) is 0 Å². The first-order valence-electron chi connectivity index (χ1n) is 15.8. The van der Waals surface area contributed by atoms with Gasteiger partial charge < -0.3 is 0 Å². The largest absolute Gasteiger partial charge is 0.147 e. The molecule has 5 heteroatoms. The summed E-state index contributed by atoms with van der Waals surface area (Å²) >= 11 is 10.4. The van der Waals surface area contributed by atoms with Crippen molar-refractivity contribution in [2.75, 3.05) is 0 Å². The fourth-order valence-corrected chi connectivity index (χ4v) is 15.3. The van der Waals surface area contributed by atoms with Crippen molar-refractivity contribution in [3.05, 3.63) is 144 Å². The molecule has 0 radical (unpaired) electrons. The monoisotopic (exact) mass is 766 g/mol. The summed E-state index contributed by atoms with van der Waals surface area (Å²) in [6.45, 7) is 14.0. The molecule has 46 heavy (non-hydrogen) atoms. The number of hydrogen-bond acceptors (Lipinski definition) is 0. The summed E-state index contributed by atoms with van der Waals surface area (Å²) < 4.78 is 4.98. The Balaban J connectivity index is 0.00000240. The van der Waals surface area contributed by atoms with Crippen LogP contribution < -0.4 is 3.27 Å². The maximum atomic E-state index is 6.54. The van der Waals surface area contributed by atoms with Gasteiger partial charge in [-0.2, -0.15) is 0 Å². The molecule has 0 nitrogen and oxygen atoms in total. The van der Waals surface area contributed by atoms with E-state index in [1.807, 2.05) is 12.1 Å². The second-order valence-corrected chi connectivity index (χ2v) is 21.9. The third-order valence-corrected chi connectivity index (χ3v) is 17.1. The number of allylic oxidation sites excluding steroid dienone is 4. The van der Waals surface area contributed by atoms with Crippen LogP contribution >= 0.6 is 48.0 Å². The fraction of sp³-hybridized carbons (Fsp3) is 0.293. The van der Waals surface area contributed by atoms with Gasteiger partial charge in [0.1, 0.15) is 0 Å². The van der Waals surface area contributed by atoms with Crippen molar-refractivity contribution in [3.63, 3.8) is 0 Å². The third kappa shape index (κ3) is 8.10. The fourth-order valence-electron chi connectivity index (χ4n) is 6.65. The Hall–Kier alpha value is -1.73. The minimum Gasteiger partial charge on any atom is -0.147 e. The molecule has 0 atom stereocenters. The van der Waals surface area contributed by atoms with E-state index in [2.05, 4.69) is 127 Å². The van der Waals surface area contributed by atoms with Gasteiger partial charge in [0.05, 0.1) is 0 Å². The van der Waals surface area contributed by atoms with Gasteiger partial charge >= 0.3 is 284 Å². The van der Waals surface area contributed by atoms with Crippen molar-refractivity contribution >= 4 is 54.5 Å². The zero-order valence-corrected chi connectivity index (χ0v) is 33.2. The summed E-state index contributed by atoms with van der Waals surface area (Å²) in [7, 11) is 0. The van der Waals surface area contributed by atoms with Crippen molar-refractivity contribution in [1.29, 1.82) is 0 Å². The molecular formula is C41H44Cl4Zr. The van der Waals surface area contributed by atoms with Gasteiger partial charge in [-0.15, -0.1) is 24.8 Å². The van der Waals surface area contributed by atoms with Gasteiger partial charge in [0.25, 0.3) is 0 Å². The molecule has 6 rings (SSSR count). The second-order valence-electron chi connectivity index (χ2n) is 14.5. The number of fused-ring (bicyclic) bond motifs is 3. The molecule has 4 aromatic carbocycles. The van der Waals surface area contributed by atoms with Crippen LogP contribution in [0.25, 0.3) is 11.1 Å². The van der Waals surface area contributed by atoms with Crippen LogP contribution in [0.5, 0.6) is 0 Å². The summed E-state index contributed by atoms with van der Waals surface area (Å²) in [5.41, 5.74) is 11.5. The topological polar surface area (TPSA) is 0 Å². The van der Waals surface area contributed by atoms with Crippen molar-refractivity contribution < 1.29 is 21.3 Å². The smallest absolute Gasteiger partial charge is 0.147 e. The van der Waals surface area contributed by atoms with E-state index in [1.165, 1.54) is 38.9 Å². The van der Waals surface area contributed by atoms with Crippen LogP contribution in [0.4, 0.5) is 0 Å². The molecule has 240 valence electrons. The zero-order valence-electron chi connectivity index (χ0n) is 27.6. The Morgan fingerprint density at radius 1 is 0.696 bits per heavy atom. The average Bonchev–Trinajstić information content (AvgIpc) is 3.60. The van der Waals surface area contributed by atoms with E-state index in [-0.39, 0.29) is 35.6 Å². The molecule has 4 aromatic rings. The Labute approximate surface area is 306 Å². The molecule has 0 amide bonds. The summed E-state index contributed by atoms with van der Waals surface area (Å²) in [5, 5.41) is 1.61. The van der Waals surface area contributed by atoms with Crippen LogP contribution in [0.2, 0.25) is 10.0 Å². The molecule has 0 spiro atoms. The summed E-state index contributed by atoms with van der Waals surface area (Å²) in [5.74, 6) is 0. The molecule has 0 saturated heterocycles. The molecule has 0 aromatic heterocycles. The second kappa shape index (κ2) is 14.8. The van der Waals surface area contributed by atoms with Crippen molar-refractivity contribution in [1.82, 2.24) is 0 Å². The SMILES string of the molecule is CC(C)(C)c1ccc2c(c1)-c1cc(C(C)(C)C)c[c]([Zr]([C]3=CC=CC3)=[C](Cc3cccc(Cl)c3)Cc3cccc(Cl)c3)c1C2.Cl.Cl. The van der Waals surface area contributed by atoms with Gasteiger partial charge in [0.15, 0.2) is 0 Å². The van der Waals surface area contributed by atoms with E-state index >= 15 is 0 Å². The first-order chi connectivity index (χ1) is 20.9. The molecule has 2 aliphatic carbocycles. The maximum Gasteiger partial charge on any atom is -0.147 e. The van der Waals surface area contributed by atoms with Gasteiger partial charge in [-0.1, -0.05) is 0 Å². The Morgan fingerprint density at radius 3 is 1.80 bits per heavy atom. The predicted molar refractivity (Wildman–Crippen MR) is 203 cm³/mol. The first-order valence-corrected chi connectivity index (χ1v) is 20.2. The molecule has 0 bridgehead atoms. The van der Waals surface area contributed by atoms with E-state index in [1.54, 1.807) is 15.3 Å². The summed E-state index contributed by atoms with van der Waals surface area (Å²) in [4.78, 5) is 0. The quantitative estimate of drug-likeness (QED) is 0.161. The molecule has 2 aliphatic rings. The maximum absolute atomic E-state index is 6.54. The normalized spacial score (nSPS) is 13.3. The Bertz CT molecular complexity index is 1800. The molecule has 0 saturated carbocycles. The minimum atomic E-state index is -2.66. The van der Waals surface area contributed by atoms with Gasteiger partial charge in [-0.05, 0) is 0 Å². The van der Waals surface area contributed by atoms with Crippen molar-refractivity contribution in [2.45, 2.75) is 78.1 Å².